The first-order chi connectivity index (χ1) is 17.4. The van der Waals surface area contributed by atoms with Crippen LogP contribution in [0, 0.1) is 6.92 Å². The summed E-state index contributed by atoms with van der Waals surface area (Å²) in [5.41, 5.74) is 7.04. The number of hydrogen-bond donors (Lipinski definition) is 3. The van der Waals surface area contributed by atoms with E-state index in [9.17, 15) is 19.2 Å². The Morgan fingerprint density at radius 3 is 2.27 bits per heavy atom. The van der Waals surface area contributed by atoms with Crippen molar-refractivity contribution in [1.29, 1.82) is 0 Å². The van der Waals surface area contributed by atoms with Crippen LogP contribution in [0.3, 0.4) is 0 Å². The number of benzene rings is 2. The summed E-state index contributed by atoms with van der Waals surface area (Å²) in [6.07, 6.45) is -0.760. The number of ether oxygens (including phenoxy) is 1. The Labute approximate surface area is 218 Å². The van der Waals surface area contributed by atoms with Crippen molar-refractivity contribution in [2.75, 3.05) is 6.54 Å². The molecule has 9 nitrogen and oxygen atoms in total. The molecule has 0 fully saturated rings. The van der Waals surface area contributed by atoms with Gasteiger partial charge < -0.3 is 26.0 Å². The van der Waals surface area contributed by atoms with E-state index in [2.05, 4.69) is 10.6 Å². The smallest absolute Gasteiger partial charge is 0.408 e. The van der Waals surface area contributed by atoms with E-state index in [0.717, 1.165) is 11.1 Å². The fourth-order valence-corrected chi connectivity index (χ4v) is 3.85. The Bertz CT molecular complexity index is 1080. The number of nitrogens with one attached hydrogen (secondary N) is 2. The van der Waals surface area contributed by atoms with Crippen molar-refractivity contribution < 1.29 is 23.9 Å². The van der Waals surface area contributed by atoms with Crippen LogP contribution in [-0.4, -0.2) is 46.9 Å². The van der Waals surface area contributed by atoms with Crippen LogP contribution < -0.4 is 16.4 Å². The van der Waals surface area contributed by atoms with E-state index >= 15 is 0 Å². The number of aryl methyl sites for hydroxylation is 1. The zero-order valence-corrected chi connectivity index (χ0v) is 22.2. The fourth-order valence-electron chi connectivity index (χ4n) is 3.85. The molecule has 200 valence electrons. The number of carbonyl (C=O) groups is 4. The number of hydrogen-bond acceptors (Lipinski definition) is 5. The van der Waals surface area contributed by atoms with Crippen LogP contribution in [0.1, 0.15) is 63.3 Å². The average Bonchev–Trinajstić information content (AvgIpc) is 2.81. The molecule has 0 aromatic heterocycles. The third-order valence-electron chi connectivity index (χ3n) is 5.37. The van der Waals surface area contributed by atoms with Crippen molar-refractivity contribution >= 4 is 23.8 Å². The second kappa shape index (κ2) is 13.4. The highest BCUT2D eigenvalue weighted by Crippen LogP contribution is 2.24. The van der Waals surface area contributed by atoms with E-state index in [1.165, 1.54) is 4.90 Å². The molecule has 0 aliphatic rings. The van der Waals surface area contributed by atoms with Crippen molar-refractivity contribution in [1.82, 2.24) is 15.5 Å². The SMILES string of the molecule is CCCN(C(=O)C(CC(N)=O)NC(=O)OC(C)(C)C)C(C(=O)NCc1ccccc1)c1cccc(C)c1. The maximum Gasteiger partial charge on any atom is 0.408 e. The van der Waals surface area contributed by atoms with Crippen molar-refractivity contribution in [3.63, 3.8) is 0 Å². The van der Waals surface area contributed by atoms with Crippen LogP contribution in [-0.2, 0) is 25.7 Å². The first-order valence-electron chi connectivity index (χ1n) is 12.4. The largest absolute Gasteiger partial charge is 0.444 e. The summed E-state index contributed by atoms with van der Waals surface area (Å²) in [7, 11) is 0. The highest BCUT2D eigenvalue weighted by Gasteiger charge is 2.36. The fraction of sp³-hybridized carbons (Fsp3) is 0.429. The van der Waals surface area contributed by atoms with Crippen LogP contribution in [0.2, 0.25) is 0 Å². The molecule has 0 bridgehead atoms. The molecule has 0 heterocycles. The van der Waals surface area contributed by atoms with E-state index in [1.54, 1.807) is 26.8 Å². The van der Waals surface area contributed by atoms with Crippen molar-refractivity contribution in [2.45, 2.75) is 71.7 Å². The summed E-state index contributed by atoms with van der Waals surface area (Å²) in [4.78, 5) is 53.1. The van der Waals surface area contributed by atoms with E-state index in [-0.39, 0.29) is 19.0 Å². The minimum atomic E-state index is -1.30. The summed E-state index contributed by atoms with van der Waals surface area (Å²) in [5.74, 6) is -1.76. The topological polar surface area (TPSA) is 131 Å². The lowest BCUT2D eigenvalue weighted by Crippen LogP contribution is -2.54. The minimum Gasteiger partial charge on any atom is -0.444 e. The second-order valence-corrected chi connectivity index (χ2v) is 9.92. The molecular weight excluding hydrogens is 472 g/mol. The standard InChI is InChI=1S/C28H38N4O5/c1-6-15-32(26(35)22(17-23(29)33)31-27(36)37-28(3,4)5)24(21-14-10-11-19(2)16-21)25(34)30-18-20-12-8-7-9-13-20/h7-14,16,22,24H,6,15,17-18H2,1-5H3,(H2,29,33)(H,30,34)(H,31,36). The molecule has 2 atom stereocenters. The average molecular weight is 511 g/mol. The van der Waals surface area contributed by atoms with Gasteiger partial charge in [-0.05, 0) is 45.2 Å². The molecule has 37 heavy (non-hydrogen) atoms. The number of nitrogens with zero attached hydrogens (tertiary/aromatic N) is 1. The monoisotopic (exact) mass is 510 g/mol. The Morgan fingerprint density at radius 1 is 1.03 bits per heavy atom. The number of nitrogens with two attached hydrogens (primary N) is 1. The van der Waals surface area contributed by atoms with E-state index in [4.69, 9.17) is 10.5 Å². The van der Waals surface area contributed by atoms with Gasteiger partial charge >= 0.3 is 6.09 Å². The molecule has 4 N–H and O–H groups in total. The van der Waals surface area contributed by atoms with Gasteiger partial charge in [-0.3, -0.25) is 14.4 Å². The van der Waals surface area contributed by atoms with Gasteiger partial charge in [0, 0.05) is 13.1 Å². The first-order valence-corrected chi connectivity index (χ1v) is 12.4. The Morgan fingerprint density at radius 2 is 1.70 bits per heavy atom. The first kappa shape index (κ1) is 29.4. The number of alkyl carbamates (subject to hydrolysis) is 1. The van der Waals surface area contributed by atoms with Gasteiger partial charge in [0.05, 0.1) is 6.42 Å². The molecule has 0 radical (unpaired) electrons. The normalized spacial score (nSPS) is 12.7. The van der Waals surface area contributed by atoms with Crippen molar-refractivity contribution in [2.24, 2.45) is 5.73 Å². The Kier molecular flexibility index (Phi) is 10.7. The van der Waals surface area contributed by atoms with Crippen LogP contribution in [0.5, 0.6) is 0 Å². The molecule has 2 unspecified atom stereocenters. The molecule has 0 saturated heterocycles. The lowest BCUT2D eigenvalue weighted by molar-refractivity contribution is -0.143. The lowest BCUT2D eigenvalue weighted by atomic mass is 10.00. The molecular formula is C28H38N4O5. The van der Waals surface area contributed by atoms with Crippen molar-refractivity contribution in [3.05, 3.63) is 71.3 Å². The zero-order valence-electron chi connectivity index (χ0n) is 22.2. The van der Waals surface area contributed by atoms with Crippen molar-refractivity contribution in [3.8, 4) is 0 Å². The van der Waals surface area contributed by atoms with Gasteiger partial charge in [-0.15, -0.1) is 0 Å². The maximum absolute atomic E-state index is 13.8. The predicted octanol–water partition coefficient (Wildman–Crippen LogP) is 3.36. The lowest BCUT2D eigenvalue weighted by Gasteiger charge is -2.34. The molecule has 0 saturated carbocycles. The molecule has 2 aromatic carbocycles. The summed E-state index contributed by atoms with van der Waals surface area (Å²) in [6.45, 7) is 9.32. The molecule has 0 aliphatic heterocycles. The summed E-state index contributed by atoms with van der Waals surface area (Å²) in [5, 5.41) is 5.40. The van der Waals surface area contributed by atoms with E-state index in [0.29, 0.717) is 12.0 Å². The van der Waals surface area contributed by atoms with Crippen LogP contribution in [0.25, 0.3) is 0 Å². The second-order valence-electron chi connectivity index (χ2n) is 9.92. The number of primary amides is 1. The molecule has 2 aromatic rings. The van der Waals surface area contributed by atoms with Gasteiger partial charge in [-0.2, -0.15) is 0 Å². The van der Waals surface area contributed by atoms with Gasteiger partial charge in [-0.1, -0.05) is 67.1 Å². The van der Waals surface area contributed by atoms with Gasteiger partial charge in [0.15, 0.2) is 0 Å². The predicted molar refractivity (Wildman–Crippen MR) is 141 cm³/mol. The van der Waals surface area contributed by atoms with Crippen LogP contribution in [0.4, 0.5) is 4.79 Å². The zero-order chi connectivity index (χ0) is 27.6. The quantitative estimate of drug-likeness (QED) is 0.427. The summed E-state index contributed by atoms with van der Waals surface area (Å²) >= 11 is 0. The minimum absolute atomic E-state index is 0.210. The molecule has 0 spiro atoms. The van der Waals surface area contributed by atoms with E-state index < -0.39 is 42.0 Å². The molecule has 2 rings (SSSR count). The Hall–Kier alpha value is -3.88. The Balaban J connectivity index is 2.43. The molecule has 0 aliphatic carbocycles. The number of rotatable bonds is 11. The van der Waals surface area contributed by atoms with Crippen LogP contribution in [0.15, 0.2) is 54.6 Å². The number of amides is 4. The van der Waals surface area contributed by atoms with Gasteiger partial charge in [0.1, 0.15) is 17.7 Å². The van der Waals surface area contributed by atoms with E-state index in [1.807, 2.05) is 62.4 Å². The molecule has 9 heteroatoms. The molecule has 4 amide bonds. The maximum atomic E-state index is 13.8. The van der Waals surface area contributed by atoms with Gasteiger partial charge in [0.2, 0.25) is 17.7 Å². The van der Waals surface area contributed by atoms with Gasteiger partial charge in [-0.25, -0.2) is 4.79 Å². The van der Waals surface area contributed by atoms with Gasteiger partial charge in [0.25, 0.3) is 0 Å². The third kappa shape index (κ3) is 9.59. The summed E-state index contributed by atoms with van der Waals surface area (Å²) in [6, 6.07) is 14.5. The summed E-state index contributed by atoms with van der Waals surface area (Å²) < 4.78 is 5.28. The van der Waals surface area contributed by atoms with Crippen LogP contribution >= 0.6 is 0 Å². The highest BCUT2D eigenvalue weighted by molar-refractivity contribution is 5.94. The third-order valence-corrected chi connectivity index (χ3v) is 5.37. The number of carbonyl (C=O) groups excluding carboxylic acids is 4. The highest BCUT2D eigenvalue weighted by atomic mass is 16.6.